The van der Waals surface area contributed by atoms with Gasteiger partial charge in [-0.2, -0.15) is 9.61 Å². The van der Waals surface area contributed by atoms with Crippen LogP contribution in [-0.4, -0.2) is 27.7 Å². The largest absolute Gasteiger partial charge is 0.357 e. The second kappa shape index (κ2) is 6.87. The van der Waals surface area contributed by atoms with Crippen molar-refractivity contribution >= 4 is 11.5 Å². The summed E-state index contributed by atoms with van der Waals surface area (Å²) in [5, 5.41) is 4.70. The fourth-order valence-corrected chi connectivity index (χ4v) is 3.78. The number of rotatable bonds is 5. The van der Waals surface area contributed by atoms with E-state index < -0.39 is 0 Å². The second-order valence-corrected chi connectivity index (χ2v) is 6.90. The van der Waals surface area contributed by atoms with Crippen LogP contribution < -0.4 is 4.90 Å². The fourth-order valence-electron chi connectivity index (χ4n) is 3.78. The minimum Gasteiger partial charge on any atom is -0.357 e. The van der Waals surface area contributed by atoms with Crippen molar-refractivity contribution in [3.8, 4) is 11.1 Å². The normalized spacial score (nSPS) is 11.3. The Hall–Kier alpha value is -2.36. The van der Waals surface area contributed by atoms with E-state index >= 15 is 0 Å². The summed E-state index contributed by atoms with van der Waals surface area (Å²) >= 11 is 0. The summed E-state index contributed by atoms with van der Waals surface area (Å²) in [6.45, 7) is 14.9. The van der Waals surface area contributed by atoms with Gasteiger partial charge in [0.05, 0.1) is 6.20 Å². The van der Waals surface area contributed by atoms with Crippen LogP contribution in [0.3, 0.4) is 0 Å². The van der Waals surface area contributed by atoms with Crippen LogP contribution in [0, 0.1) is 27.7 Å². The molecule has 0 radical (unpaired) electrons. The molecule has 0 amide bonds. The zero-order valence-corrected chi connectivity index (χ0v) is 16.2. The van der Waals surface area contributed by atoms with Crippen LogP contribution in [0.5, 0.6) is 0 Å². The Kier molecular flexibility index (Phi) is 4.80. The fraction of sp³-hybridized carbons (Fsp3) is 0.429. The van der Waals surface area contributed by atoms with Crippen LogP contribution in [0.25, 0.3) is 16.8 Å². The highest BCUT2D eigenvalue weighted by molar-refractivity contribution is 5.82. The van der Waals surface area contributed by atoms with Gasteiger partial charge in [0.25, 0.3) is 0 Å². The summed E-state index contributed by atoms with van der Waals surface area (Å²) in [5.74, 6) is 1.13. The van der Waals surface area contributed by atoms with Crippen LogP contribution >= 0.6 is 0 Å². The SMILES string of the molecule is CCCN(CC)c1cc(C)nc2c(-c3c(C)cc(C)cc3C)cnn12. The number of hydrogen-bond donors (Lipinski definition) is 0. The van der Waals surface area contributed by atoms with Crippen LogP contribution in [0.15, 0.2) is 24.4 Å². The molecule has 4 heteroatoms. The molecule has 1 aromatic carbocycles. The van der Waals surface area contributed by atoms with Crippen molar-refractivity contribution in [2.75, 3.05) is 18.0 Å². The van der Waals surface area contributed by atoms with Gasteiger partial charge >= 0.3 is 0 Å². The molecule has 2 heterocycles. The van der Waals surface area contributed by atoms with Crippen molar-refractivity contribution in [3.63, 3.8) is 0 Å². The van der Waals surface area contributed by atoms with Gasteiger partial charge in [-0.25, -0.2) is 4.98 Å². The van der Waals surface area contributed by atoms with E-state index in [0.29, 0.717) is 0 Å². The van der Waals surface area contributed by atoms with Crippen molar-refractivity contribution in [2.45, 2.75) is 48.0 Å². The Morgan fingerprint density at radius 2 is 1.68 bits per heavy atom. The summed E-state index contributed by atoms with van der Waals surface area (Å²) in [5.41, 5.74) is 8.19. The molecule has 0 saturated heterocycles. The highest BCUT2D eigenvalue weighted by atomic mass is 15.3. The summed E-state index contributed by atoms with van der Waals surface area (Å²) in [6, 6.07) is 6.60. The van der Waals surface area contributed by atoms with E-state index in [-0.39, 0.29) is 0 Å². The molecule has 0 fully saturated rings. The average molecular weight is 336 g/mol. The molecule has 132 valence electrons. The molecule has 0 saturated carbocycles. The molecule has 2 aromatic heterocycles. The molecular formula is C21H28N4. The number of anilines is 1. The number of aryl methyl sites for hydroxylation is 4. The molecule has 0 spiro atoms. The highest BCUT2D eigenvalue weighted by Crippen LogP contribution is 2.32. The Morgan fingerprint density at radius 1 is 1.00 bits per heavy atom. The lowest BCUT2D eigenvalue weighted by Gasteiger charge is -2.23. The van der Waals surface area contributed by atoms with Crippen molar-refractivity contribution in [3.05, 3.63) is 46.8 Å². The molecule has 0 N–H and O–H groups in total. The lowest BCUT2D eigenvalue weighted by atomic mass is 9.95. The minimum atomic E-state index is 0.944. The maximum atomic E-state index is 4.83. The first kappa shape index (κ1) is 17.5. The Labute approximate surface area is 150 Å². The maximum absolute atomic E-state index is 4.83. The first-order valence-corrected chi connectivity index (χ1v) is 9.14. The lowest BCUT2D eigenvalue weighted by molar-refractivity contribution is 0.751. The number of hydrogen-bond acceptors (Lipinski definition) is 3. The van der Waals surface area contributed by atoms with E-state index in [4.69, 9.17) is 10.1 Å². The number of nitrogens with zero attached hydrogens (tertiary/aromatic N) is 4. The van der Waals surface area contributed by atoms with Crippen molar-refractivity contribution < 1.29 is 0 Å². The first-order chi connectivity index (χ1) is 12.0. The Balaban J connectivity index is 2.25. The molecule has 4 nitrogen and oxygen atoms in total. The monoisotopic (exact) mass is 336 g/mol. The molecule has 25 heavy (non-hydrogen) atoms. The van der Waals surface area contributed by atoms with Gasteiger partial charge in [-0.1, -0.05) is 24.6 Å². The van der Waals surface area contributed by atoms with E-state index in [9.17, 15) is 0 Å². The van der Waals surface area contributed by atoms with Crippen molar-refractivity contribution in [1.29, 1.82) is 0 Å². The summed E-state index contributed by atoms with van der Waals surface area (Å²) < 4.78 is 2.00. The molecule has 0 atom stereocenters. The predicted octanol–water partition coefficient (Wildman–Crippen LogP) is 4.87. The lowest BCUT2D eigenvalue weighted by Crippen LogP contribution is -2.26. The van der Waals surface area contributed by atoms with E-state index in [1.54, 1.807) is 0 Å². The van der Waals surface area contributed by atoms with Gasteiger partial charge in [-0.3, -0.25) is 0 Å². The zero-order chi connectivity index (χ0) is 18.1. The Morgan fingerprint density at radius 3 is 2.28 bits per heavy atom. The molecule has 3 rings (SSSR count). The standard InChI is InChI=1S/C21H28N4/c1-7-9-24(8-2)19-12-17(6)23-21-18(13-22-25(19)21)20-15(4)10-14(3)11-16(20)5/h10-13H,7-9H2,1-6H3. The second-order valence-electron chi connectivity index (χ2n) is 6.90. The molecule has 0 aliphatic heterocycles. The average Bonchev–Trinajstić information content (AvgIpc) is 2.94. The summed E-state index contributed by atoms with van der Waals surface area (Å²) in [6.07, 6.45) is 3.08. The van der Waals surface area contributed by atoms with E-state index in [1.807, 2.05) is 10.7 Å². The first-order valence-electron chi connectivity index (χ1n) is 9.14. The van der Waals surface area contributed by atoms with Gasteiger partial charge in [-0.05, 0) is 57.7 Å². The quantitative estimate of drug-likeness (QED) is 0.667. The number of fused-ring (bicyclic) bond motifs is 1. The Bertz CT molecular complexity index is 885. The highest BCUT2D eigenvalue weighted by Gasteiger charge is 2.17. The van der Waals surface area contributed by atoms with E-state index in [2.05, 4.69) is 64.6 Å². The van der Waals surface area contributed by atoms with Gasteiger partial charge in [0.15, 0.2) is 5.65 Å². The zero-order valence-electron chi connectivity index (χ0n) is 16.2. The van der Waals surface area contributed by atoms with Crippen molar-refractivity contribution in [2.24, 2.45) is 0 Å². The van der Waals surface area contributed by atoms with Crippen LogP contribution in [-0.2, 0) is 0 Å². The minimum absolute atomic E-state index is 0.944. The summed E-state index contributed by atoms with van der Waals surface area (Å²) in [4.78, 5) is 7.20. The third-order valence-corrected chi connectivity index (χ3v) is 4.73. The smallest absolute Gasteiger partial charge is 0.165 e. The third-order valence-electron chi connectivity index (χ3n) is 4.73. The van der Waals surface area contributed by atoms with Crippen LogP contribution in [0.4, 0.5) is 5.82 Å². The molecule has 3 aromatic rings. The molecule has 0 bridgehead atoms. The molecule has 0 unspecified atom stereocenters. The van der Waals surface area contributed by atoms with E-state index in [0.717, 1.165) is 42.2 Å². The molecular weight excluding hydrogens is 308 g/mol. The van der Waals surface area contributed by atoms with Gasteiger partial charge < -0.3 is 4.90 Å². The number of benzene rings is 1. The molecule has 0 aliphatic rings. The van der Waals surface area contributed by atoms with Crippen LogP contribution in [0.2, 0.25) is 0 Å². The summed E-state index contributed by atoms with van der Waals surface area (Å²) in [7, 11) is 0. The third kappa shape index (κ3) is 3.13. The molecule has 0 aliphatic carbocycles. The van der Waals surface area contributed by atoms with Gasteiger partial charge in [-0.15, -0.1) is 0 Å². The predicted molar refractivity (Wildman–Crippen MR) is 106 cm³/mol. The van der Waals surface area contributed by atoms with Crippen LogP contribution in [0.1, 0.15) is 42.7 Å². The maximum Gasteiger partial charge on any atom is 0.165 e. The van der Waals surface area contributed by atoms with Crippen molar-refractivity contribution in [1.82, 2.24) is 14.6 Å². The van der Waals surface area contributed by atoms with E-state index in [1.165, 1.54) is 22.3 Å². The topological polar surface area (TPSA) is 33.4 Å². The van der Waals surface area contributed by atoms with Gasteiger partial charge in [0.2, 0.25) is 0 Å². The van der Waals surface area contributed by atoms with Gasteiger partial charge in [0, 0.05) is 30.4 Å². The van der Waals surface area contributed by atoms with Gasteiger partial charge in [0.1, 0.15) is 5.82 Å². The number of aromatic nitrogens is 3.